The average Bonchev–Trinajstić information content (AvgIpc) is 2.88. The molecule has 35 heavy (non-hydrogen) atoms. The van der Waals surface area contributed by atoms with Crippen molar-refractivity contribution in [2.75, 3.05) is 59.6 Å². The number of nitrogens with zero attached hydrogens (tertiary/aromatic N) is 1. The van der Waals surface area contributed by atoms with E-state index in [0.29, 0.717) is 37.6 Å². The maximum Gasteiger partial charge on any atom is 0.258 e. The number of carbonyl (C=O) groups excluding carboxylic acids is 2. The van der Waals surface area contributed by atoms with Crippen molar-refractivity contribution in [2.45, 2.75) is 19.1 Å². The Balaban J connectivity index is 1.33. The Morgan fingerprint density at radius 1 is 1.06 bits per heavy atom. The van der Waals surface area contributed by atoms with Crippen LogP contribution in [-0.4, -0.2) is 87.5 Å². The molecule has 1 aliphatic heterocycles. The Morgan fingerprint density at radius 2 is 1.89 bits per heavy atom. The SMILES string of the molecule is COCCNCCNC(=O)c1cccc(OCC(=O)NC[C@@H](O)CN2CCc3ccccc3C2)c1. The van der Waals surface area contributed by atoms with Crippen molar-refractivity contribution in [3.63, 3.8) is 0 Å². The second-order valence-electron chi connectivity index (χ2n) is 8.53. The summed E-state index contributed by atoms with van der Waals surface area (Å²) in [7, 11) is 1.64. The molecule has 2 aromatic rings. The zero-order valence-electron chi connectivity index (χ0n) is 20.3. The molecule has 9 nitrogen and oxygen atoms in total. The topological polar surface area (TPSA) is 112 Å². The van der Waals surface area contributed by atoms with Gasteiger partial charge in [0.2, 0.25) is 0 Å². The van der Waals surface area contributed by atoms with Gasteiger partial charge in [-0.25, -0.2) is 0 Å². The normalized spacial score (nSPS) is 14.1. The van der Waals surface area contributed by atoms with Crippen molar-refractivity contribution in [1.29, 1.82) is 0 Å². The largest absolute Gasteiger partial charge is 0.484 e. The molecule has 0 spiro atoms. The summed E-state index contributed by atoms with van der Waals surface area (Å²) in [5, 5.41) is 19.1. The fourth-order valence-corrected chi connectivity index (χ4v) is 3.90. The van der Waals surface area contributed by atoms with E-state index in [1.54, 1.807) is 31.4 Å². The number of hydrogen-bond acceptors (Lipinski definition) is 7. The van der Waals surface area contributed by atoms with Crippen LogP contribution in [0.2, 0.25) is 0 Å². The van der Waals surface area contributed by atoms with E-state index in [1.807, 2.05) is 6.07 Å². The van der Waals surface area contributed by atoms with Crippen LogP contribution in [0.5, 0.6) is 5.75 Å². The zero-order chi connectivity index (χ0) is 24.9. The number of benzene rings is 2. The van der Waals surface area contributed by atoms with Crippen LogP contribution < -0.4 is 20.7 Å². The summed E-state index contributed by atoms with van der Waals surface area (Å²) in [6.45, 7) is 4.62. The van der Waals surface area contributed by atoms with Crippen molar-refractivity contribution in [3.05, 3.63) is 65.2 Å². The molecule has 0 aromatic heterocycles. The lowest BCUT2D eigenvalue weighted by Gasteiger charge is -2.30. The van der Waals surface area contributed by atoms with Crippen molar-refractivity contribution in [1.82, 2.24) is 20.9 Å². The first-order valence-corrected chi connectivity index (χ1v) is 12.0. The molecule has 0 radical (unpaired) electrons. The van der Waals surface area contributed by atoms with E-state index < -0.39 is 6.10 Å². The van der Waals surface area contributed by atoms with E-state index in [2.05, 4.69) is 39.0 Å². The number of amides is 2. The fraction of sp³-hybridized carbons (Fsp3) is 0.462. The summed E-state index contributed by atoms with van der Waals surface area (Å²) < 4.78 is 10.5. The Labute approximate surface area is 206 Å². The van der Waals surface area contributed by atoms with Gasteiger partial charge >= 0.3 is 0 Å². The molecule has 1 atom stereocenters. The molecule has 190 valence electrons. The van der Waals surface area contributed by atoms with Gasteiger partial charge in [-0.1, -0.05) is 30.3 Å². The highest BCUT2D eigenvalue weighted by Crippen LogP contribution is 2.18. The first kappa shape index (κ1) is 26.6. The molecule has 0 fully saturated rings. The third-order valence-corrected chi connectivity index (χ3v) is 5.75. The van der Waals surface area contributed by atoms with Gasteiger partial charge < -0.3 is 30.5 Å². The maximum absolute atomic E-state index is 12.3. The molecule has 9 heteroatoms. The third-order valence-electron chi connectivity index (χ3n) is 5.75. The number of aliphatic hydroxyl groups excluding tert-OH is 1. The van der Waals surface area contributed by atoms with Gasteiger partial charge in [-0.2, -0.15) is 0 Å². The molecule has 2 amide bonds. The lowest BCUT2D eigenvalue weighted by molar-refractivity contribution is -0.123. The van der Waals surface area contributed by atoms with Crippen LogP contribution in [0.3, 0.4) is 0 Å². The summed E-state index contributed by atoms with van der Waals surface area (Å²) in [5.41, 5.74) is 3.11. The standard InChI is InChI=1S/C26H36N4O5/c1-34-14-12-27-10-11-28-26(33)21-7-4-8-24(15-21)35-19-25(32)29-16-23(31)18-30-13-9-20-5-2-3-6-22(20)17-30/h2-8,15,23,27,31H,9-14,16-19H2,1H3,(H,28,33)(H,29,32)/t23-/m1/s1. The predicted molar refractivity (Wildman–Crippen MR) is 133 cm³/mol. The number of fused-ring (bicyclic) bond motifs is 1. The van der Waals surface area contributed by atoms with Crippen LogP contribution >= 0.6 is 0 Å². The van der Waals surface area contributed by atoms with Gasteiger partial charge in [-0.3, -0.25) is 14.5 Å². The molecule has 1 aliphatic rings. The maximum atomic E-state index is 12.3. The molecular weight excluding hydrogens is 448 g/mol. The summed E-state index contributed by atoms with van der Waals surface area (Å²) in [6.07, 6.45) is 0.297. The molecule has 0 bridgehead atoms. The number of β-amino-alcohol motifs (C(OH)–C–C–N with tert-alkyl or cyclic N) is 1. The van der Waals surface area contributed by atoms with Gasteiger partial charge in [0.15, 0.2) is 6.61 Å². The van der Waals surface area contributed by atoms with E-state index in [0.717, 1.165) is 26.1 Å². The van der Waals surface area contributed by atoms with Crippen LogP contribution in [0.25, 0.3) is 0 Å². The Kier molecular flexibility index (Phi) is 11.0. The summed E-state index contributed by atoms with van der Waals surface area (Å²) in [5.74, 6) is -0.111. The fourth-order valence-electron chi connectivity index (χ4n) is 3.90. The third kappa shape index (κ3) is 9.29. The van der Waals surface area contributed by atoms with Crippen molar-refractivity contribution in [3.8, 4) is 5.75 Å². The van der Waals surface area contributed by atoms with Gasteiger partial charge in [-0.15, -0.1) is 0 Å². The predicted octanol–water partition coefficient (Wildman–Crippen LogP) is 0.567. The zero-order valence-corrected chi connectivity index (χ0v) is 20.3. The minimum absolute atomic E-state index is 0.154. The van der Waals surface area contributed by atoms with Crippen molar-refractivity contribution >= 4 is 11.8 Å². The van der Waals surface area contributed by atoms with Crippen LogP contribution in [0, 0.1) is 0 Å². The Bertz CT molecular complexity index is 955. The lowest BCUT2D eigenvalue weighted by Crippen LogP contribution is -2.42. The minimum Gasteiger partial charge on any atom is -0.484 e. The Hall–Kier alpha value is -2.98. The number of ether oxygens (including phenoxy) is 2. The van der Waals surface area contributed by atoms with Crippen LogP contribution in [0.15, 0.2) is 48.5 Å². The number of nitrogens with one attached hydrogen (secondary N) is 3. The second kappa shape index (κ2) is 14.4. The summed E-state index contributed by atoms with van der Waals surface area (Å²) in [6, 6.07) is 15.0. The molecule has 0 aliphatic carbocycles. The van der Waals surface area contributed by atoms with E-state index in [1.165, 1.54) is 11.1 Å². The van der Waals surface area contributed by atoms with Crippen LogP contribution in [0.4, 0.5) is 0 Å². The molecule has 2 aromatic carbocycles. The summed E-state index contributed by atoms with van der Waals surface area (Å²) >= 11 is 0. The molecule has 4 N–H and O–H groups in total. The average molecular weight is 485 g/mol. The monoisotopic (exact) mass is 484 g/mol. The first-order chi connectivity index (χ1) is 17.0. The van der Waals surface area contributed by atoms with Gasteiger partial charge in [0.05, 0.1) is 12.7 Å². The van der Waals surface area contributed by atoms with Gasteiger partial charge in [0.25, 0.3) is 11.8 Å². The highest BCUT2D eigenvalue weighted by molar-refractivity contribution is 5.94. The highest BCUT2D eigenvalue weighted by Gasteiger charge is 2.18. The number of methoxy groups -OCH3 is 1. The molecule has 0 unspecified atom stereocenters. The van der Waals surface area contributed by atoms with Crippen LogP contribution in [-0.2, 0) is 22.5 Å². The number of aliphatic hydroxyl groups is 1. The minimum atomic E-state index is -0.666. The molecular formula is C26H36N4O5. The lowest BCUT2D eigenvalue weighted by atomic mass is 10.00. The van der Waals surface area contributed by atoms with E-state index in [4.69, 9.17) is 9.47 Å². The first-order valence-electron chi connectivity index (χ1n) is 12.0. The molecule has 0 saturated heterocycles. The molecule has 0 saturated carbocycles. The number of hydrogen-bond donors (Lipinski definition) is 4. The number of carbonyl (C=O) groups is 2. The summed E-state index contributed by atoms with van der Waals surface area (Å²) in [4.78, 5) is 26.7. The van der Waals surface area contributed by atoms with Crippen LogP contribution in [0.1, 0.15) is 21.5 Å². The smallest absolute Gasteiger partial charge is 0.258 e. The van der Waals surface area contributed by atoms with E-state index >= 15 is 0 Å². The van der Waals surface area contributed by atoms with E-state index in [-0.39, 0.29) is 25.0 Å². The van der Waals surface area contributed by atoms with Gasteiger partial charge in [-0.05, 0) is 35.7 Å². The van der Waals surface area contributed by atoms with Crippen molar-refractivity contribution < 1.29 is 24.2 Å². The second-order valence-corrected chi connectivity index (χ2v) is 8.53. The van der Waals surface area contributed by atoms with Gasteiger partial charge in [0, 0.05) is 58.5 Å². The molecule has 1 heterocycles. The van der Waals surface area contributed by atoms with Gasteiger partial charge in [0.1, 0.15) is 5.75 Å². The van der Waals surface area contributed by atoms with E-state index in [9.17, 15) is 14.7 Å². The van der Waals surface area contributed by atoms with Crippen molar-refractivity contribution in [2.24, 2.45) is 0 Å². The highest BCUT2D eigenvalue weighted by atomic mass is 16.5. The number of rotatable bonds is 14. The quantitative estimate of drug-likeness (QED) is 0.290. The Morgan fingerprint density at radius 3 is 2.71 bits per heavy atom. The molecule has 3 rings (SSSR count).